The van der Waals surface area contributed by atoms with E-state index in [2.05, 4.69) is 4.98 Å². The maximum absolute atomic E-state index is 13.1. The van der Waals surface area contributed by atoms with Crippen molar-refractivity contribution in [1.29, 1.82) is 0 Å². The number of esters is 2. The quantitative estimate of drug-likeness (QED) is 0.549. The van der Waals surface area contributed by atoms with Gasteiger partial charge in [0, 0.05) is 11.8 Å². The van der Waals surface area contributed by atoms with Crippen molar-refractivity contribution in [2.45, 2.75) is 33.8 Å². The van der Waals surface area contributed by atoms with Crippen molar-refractivity contribution in [3.8, 4) is 5.75 Å². The number of carbonyl (C=O) groups excluding carboxylic acids is 3. The molecule has 150 valence electrons. The van der Waals surface area contributed by atoms with Crippen LogP contribution < -0.4 is 4.74 Å². The van der Waals surface area contributed by atoms with Gasteiger partial charge in [-0.3, -0.25) is 4.79 Å². The minimum absolute atomic E-state index is 0.172. The van der Waals surface area contributed by atoms with Crippen LogP contribution in [-0.2, 0) is 14.3 Å². The molecule has 0 saturated heterocycles. The first-order valence-corrected chi connectivity index (χ1v) is 8.72. The van der Waals surface area contributed by atoms with Crippen LogP contribution in [0, 0.1) is 19.7 Å². The fourth-order valence-electron chi connectivity index (χ4n) is 2.69. The van der Waals surface area contributed by atoms with E-state index in [0.29, 0.717) is 11.3 Å². The molecule has 0 unspecified atom stereocenters. The van der Waals surface area contributed by atoms with Gasteiger partial charge in [-0.1, -0.05) is 6.07 Å². The molecule has 1 aromatic heterocycles. The Kier molecular flexibility index (Phi) is 6.92. The highest BCUT2D eigenvalue weighted by Crippen LogP contribution is 2.21. The van der Waals surface area contributed by atoms with Crippen LogP contribution in [0.15, 0.2) is 24.3 Å². The summed E-state index contributed by atoms with van der Waals surface area (Å²) in [5.41, 5.74) is 1.39. The third-order valence-corrected chi connectivity index (χ3v) is 3.99. The highest BCUT2D eigenvalue weighted by Gasteiger charge is 2.27. The molecule has 0 aliphatic carbocycles. The van der Waals surface area contributed by atoms with Gasteiger partial charge in [0.05, 0.1) is 17.9 Å². The van der Waals surface area contributed by atoms with Gasteiger partial charge in [-0.05, 0) is 45.4 Å². The van der Waals surface area contributed by atoms with Gasteiger partial charge in [-0.25, -0.2) is 14.0 Å². The van der Waals surface area contributed by atoms with Gasteiger partial charge in [-0.15, -0.1) is 0 Å². The number of aromatic amines is 1. The number of aryl methyl sites for hydroxylation is 1. The van der Waals surface area contributed by atoms with Gasteiger partial charge in [0.25, 0.3) is 0 Å². The van der Waals surface area contributed by atoms with Crippen LogP contribution in [-0.4, -0.2) is 42.0 Å². The molecule has 0 saturated carbocycles. The predicted octanol–water partition coefficient (Wildman–Crippen LogP) is 3.14. The van der Waals surface area contributed by atoms with E-state index in [-0.39, 0.29) is 23.6 Å². The zero-order valence-corrected chi connectivity index (χ0v) is 16.1. The maximum Gasteiger partial charge on any atom is 0.344 e. The number of rotatable bonds is 8. The molecule has 0 bridgehead atoms. The molecule has 0 aliphatic heterocycles. The topological polar surface area (TPSA) is 94.7 Å². The Balaban J connectivity index is 2.01. The molecule has 28 heavy (non-hydrogen) atoms. The summed E-state index contributed by atoms with van der Waals surface area (Å²) in [5, 5.41) is 0. The van der Waals surface area contributed by atoms with Gasteiger partial charge >= 0.3 is 11.9 Å². The van der Waals surface area contributed by atoms with Crippen molar-refractivity contribution in [3.05, 3.63) is 52.6 Å². The van der Waals surface area contributed by atoms with Crippen molar-refractivity contribution in [1.82, 2.24) is 4.98 Å². The van der Waals surface area contributed by atoms with Crippen molar-refractivity contribution >= 4 is 17.7 Å². The smallest absolute Gasteiger partial charge is 0.344 e. The van der Waals surface area contributed by atoms with Crippen LogP contribution >= 0.6 is 0 Å². The molecule has 0 amide bonds. The van der Waals surface area contributed by atoms with E-state index in [0.717, 1.165) is 6.07 Å². The molecule has 8 heteroatoms. The molecular weight excluding hydrogens is 369 g/mol. The highest BCUT2D eigenvalue weighted by molar-refractivity contribution is 6.04. The predicted molar refractivity (Wildman–Crippen MR) is 98.0 cm³/mol. The summed E-state index contributed by atoms with van der Waals surface area (Å²) in [5.74, 6) is -2.12. The second-order valence-electron chi connectivity index (χ2n) is 6.09. The standard InChI is InChI=1S/C20H22FNO6/c1-5-26-20(25)17-11(2)18(22-12(17)3)19(24)13(4)28-16(23)10-27-15-8-6-7-14(21)9-15/h6-9,13,22H,5,10H2,1-4H3/t13-/m1/s1. The molecule has 7 nitrogen and oxygen atoms in total. The van der Waals surface area contributed by atoms with E-state index in [9.17, 15) is 18.8 Å². The fourth-order valence-corrected chi connectivity index (χ4v) is 2.69. The van der Waals surface area contributed by atoms with Gasteiger partial charge in [0.15, 0.2) is 12.7 Å². The molecule has 2 rings (SSSR count). The number of H-pyrrole nitrogens is 1. The van der Waals surface area contributed by atoms with Crippen LogP contribution in [0.2, 0.25) is 0 Å². The Morgan fingerprint density at radius 2 is 1.93 bits per heavy atom. The number of ketones is 1. The van der Waals surface area contributed by atoms with Crippen molar-refractivity contribution < 1.29 is 33.0 Å². The number of ether oxygens (including phenoxy) is 3. The Bertz CT molecular complexity index is 889. The van der Waals surface area contributed by atoms with Crippen LogP contribution in [0.4, 0.5) is 4.39 Å². The Labute approximate surface area is 161 Å². The lowest BCUT2D eigenvalue weighted by Crippen LogP contribution is -2.28. The van der Waals surface area contributed by atoms with Crippen molar-refractivity contribution in [2.24, 2.45) is 0 Å². The molecule has 1 N–H and O–H groups in total. The molecule has 0 aliphatic rings. The number of hydrogen-bond acceptors (Lipinski definition) is 6. The molecular formula is C20H22FNO6. The lowest BCUT2D eigenvalue weighted by atomic mass is 10.1. The van der Waals surface area contributed by atoms with Gasteiger partial charge in [-0.2, -0.15) is 0 Å². The van der Waals surface area contributed by atoms with E-state index >= 15 is 0 Å². The largest absolute Gasteiger partial charge is 0.482 e. The minimum Gasteiger partial charge on any atom is -0.482 e. The number of carbonyl (C=O) groups is 3. The third-order valence-electron chi connectivity index (χ3n) is 3.99. The van der Waals surface area contributed by atoms with E-state index < -0.39 is 36.2 Å². The van der Waals surface area contributed by atoms with E-state index in [1.165, 1.54) is 25.1 Å². The molecule has 0 fully saturated rings. The normalized spacial score (nSPS) is 11.6. The first-order valence-electron chi connectivity index (χ1n) is 8.72. The zero-order chi connectivity index (χ0) is 20.8. The minimum atomic E-state index is -1.10. The second kappa shape index (κ2) is 9.16. The first-order chi connectivity index (χ1) is 13.2. The molecule has 1 aromatic carbocycles. The zero-order valence-electron chi connectivity index (χ0n) is 16.1. The Hall–Kier alpha value is -3.16. The van der Waals surface area contributed by atoms with E-state index in [1.54, 1.807) is 20.8 Å². The summed E-state index contributed by atoms with van der Waals surface area (Å²) in [6.07, 6.45) is -1.10. The molecule has 2 aromatic rings. The van der Waals surface area contributed by atoms with E-state index in [4.69, 9.17) is 14.2 Å². The lowest BCUT2D eigenvalue weighted by molar-refractivity contribution is -0.148. The second-order valence-corrected chi connectivity index (χ2v) is 6.09. The maximum atomic E-state index is 13.1. The lowest BCUT2D eigenvalue weighted by Gasteiger charge is -2.13. The van der Waals surface area contributed by atoms with Crippen molar-refractivity contribution in [2.75, 3.05) is 13.2 Å². The van der Waals surface area contributed by atoms with Gasteiger partial charge in [0.1, 0.15) is 11.6 Å². The van der Waals surface area contributed by atoms with Gasteiger partial charge in [0.2, 0.25) is 5.78 Å². The number of Topliss-reactive ketones (excluding diaryl/α,β-unsaturated/α-hetero) is 1. The van der Waals surface area contributed by atoms with Crippen molar-refractivity contribution in [3.63, 3.8) is 0 Å². The summed E-state index contributed by atoms with van der Waals surface area (Å²) < 4.78 is 28.3. The molecule has 0 radical (unpaired) electrons. The first kappa shape index (κ1) is 21.1. The summed E-state index contributed by atoms with van der Waals surface area (Å²) in [6, 6.07) is 5.31. The number of halogens is 1. The summed E-state index contributed by atoms with van der Waals surface area (Å²) in [6.45, 7) is 6.12. The monoisotopic (exact) mass is 391 g/mol. The Morgan fingerprint density at radius 1 is 1.21 bits per heavy atom. The van der Waals surface area contributed by atoms with Crippen LogP contribution in [0.5, 0.6) is 5.75 Å². The molecule has 0 spiro atoms. The fraction of sp³-hybridized carbons (Fsp3) is 0.350. The number of nitrogens with one attached hydrogen (secondary N) is 1. The van der Waals surface area contributed by atoms with E-state index in [1.807, 2.05) is 0 Å². The Morgan fingerprint density at radius 3 is 2.57 bits per heavy atom. The summed E-state index contributed by atoms with van der Waals surface area (Å²) >= 11 is 0. The van der Waals surface area contributed by atoms with Crippen LogP contribution in [0.1, 0.15) is 46.0 Å². The molecule has 1 heterocycles. The average Bonchev–Trinajstić information content (AvgIpc) is 2.94. The van der Waals surface area contributed by atoms with Gasteiger partial charge < -0.3 is 19.2 Å². The highest BCUT2D eigenvalue weighted by atomic mass is 19.1. The van der Waals surface area contributed by atoms with Crippen LogP contribution in [0.25, 0.3) is 0 Å². The average molecular weight is 391 g/mol. The SMILES string of the molecule is CCOC(=O)c1c(C)[nH]c(C(=O)[C@@H](C)OC(=O)COc2cccc(F)c2)c1C. The third kappa shape index (κ3) is 4.97. The summed E-state index contributed by atoms with van der Waals surface area (Å²) in [7, 11) is 0. The summed E-state index contributed by atoms with van der Waals surface area (Å²) in [4.78, 5) is 39.4. The molecule has 1 atom stereocenters. The van der Waals surface area contributed by atoms with Crippen LogP contribution in [0.3, 0.4) is 0 Å². The number of benzene rings is 1. The number of aromatic nitrogens is 1. The number of hydrogen-bond donors (Lipinski definition) is 1.